The van der Waals surface area contributed by atoms with Crippen molar-refractivity contribution >= 4 is 46.2 Å². The van der Waals surface area contributed by atoms with E-state index in [0.717, 1.165) is 66.6 Å². The molecule has 0 spiro atoms. The molecule has 0 atom stereocenters. The van der Waals surface area contributed by atoms with Gasteiger partial charge in [-0.1, -0.05) is 101 Å². The van der Waals surface area contributed by atoms with Gasteiger partial charge in [0.15, 0.2) is 0 Å². The molecule has 0 radical (unpaired) electrons. The summed E-state index contributed by atoms with van der Waals surface area (Å²) < 4.78 is 8.78. The standard InChI is InChI=1S/C43H39N3O2Si/c1-43(2,3)28-19-22-38(47)35(25-28)42-45-40-32(16-12-17-37(40)46(42)29-13-8-7-9-14-29)34-24-27(36-21-20-30(26-44-36)49(4,5)6)23-33-31-15-10-11-18-39(31)48-41(33)34/h7-26,47H,1-6H3. The van der Waals surface area contributed by atoms with Gasteiger partial charge in [0.1, 0.15) is 22.7 Å². The summed E-state index contributed by atoms with van der Waals surface area (Å²) in [6, 6.07) is 39.4. The predicted molar refractivity (Wildman–Crippen MR) is 206 cm³/mol. The maximum atomic E-state index is 11.3. The highest BCUT2D eigenvalue weighted by Gasteiger charge is 2.24. The largest absolute Gasteiger partial charge is 0.507 e. The van der Waals surface area contributed by atoms with Gasteiger partial charge in [0, 0.05) is 39.3 Å². The average molecular weight is 658 g/mol. The van der Waals surface area contributed by atoms with E-state index < -0.39 is 8.07 Å². The molecule has 49 heavy (non-hydrogen) atoms. The lowest BCUT2D eigenvalue weighted by Crippen LogP contribution is -2.37. The van der Waals surface area contributed by atoms with Crippen molar-refractivity contribution in [3.05, 3.63) is 127 Å². The van der Waals surface area contributed by atoms with E-state index in [9.17, 15) is 5.11 Å². The Morgan fingerprint density at radius 2 is 1.49 bits per heavy atom. The fourth-order valence-electron chi connectivity index (χ4n) is 6.70. The molecule has 1 N–H and O–H groups in total. The molecule has 0 aliphatic carbocycles. The van der Waals surface area contributed by atoms with Gasteiger partial charge in [-0.3, -0.25) is 9.55 Å². The summed E-state index contributed by atoms with van der Waals surface area (Å²) in [6.07, 6.45) is 2.05. The normalized spacial score (nSPS) is 12.4. The van der Waals surface area contributed by atoms with Gasteiger partial charge in [-0.25, -0.2) is 4.98 Å². The zero-order valence-electron chi connectivity index (χ0n) is 28.7. The molecule has 3 heterocycles. The van der Waals surface area contributed by atoms with Crippen molar-refractivity contribution in [3.8, 4) is 45.2 Å². The topological polar surface area (TPSA) is 64.1 Å². The van der Waals surface area contributed by atoms with E-state index in [4.69, 9.17) is 14.4 Å². The maximum absolute atomic E-state index is 11.3. The summed E-state index contributed by atoms with van der Waals surface area (Å²) in [5.41, 5.74) is 9.91. The SMILES string of the molecule is CC(C)(C)c1ccc(O)c(-c2nc3c(-c4cc(-c5ccc([Si](C)(C)C)cn5)cc5c4oc4ccccc45)cccc3n2-c2ccccc2)c1. The van der Waals surface area contributed by atoms with Crippen molar-refractivity contribution in [2.75, 3.05) is 0 Å². The van der Waals surface area contributed by atoms with Gasteiger partial charge < -0.3 is 9.52 Å². The molecule has 0 saturated carbocycles. The number of hydrogen-bond acceptors (Lipinski definition) is 4. The van der Waals surface area contributed by atoms with E-state index in [1.54, 1.807) is 6.07 Å². The van der Waals surface area contributed by atoms with Crippen molar-refractivity contribution in [2.45, 2.75) is 45.8 Å². The first-order chi connectivity index (χ1) is 23.5. The number of furan rings is 1. The molecule has 0 unspecified atom stereocenters. The molecule has 0 bridgehead atoms. The summed E-state index contributed by atoms with van der Waals surface area (Å²) in [5, 5.41) is 14.7. The molecular weight excluding hydrogens is 619 g/mol. The highest BCUT2D eigenvalue weighted by atomic mass is 28.3. The highest BCUT2D eigenvalue weighted by molar-refractivity contribution is 6.88. The lowest BCUT2D eigenvalue weighted by molar-refractivity contribution is 0.475. The number of phenols is 1. The van der Waals surface area contributed by atoms with Gasteiger partial charge in [-0.15, -0.1) is 0 Å². The number of rotatable bonds is 5. The van der Waals surface area contributed by atoms with Crippen LogP contribution in [0.2, 0.25) is 19.6 Å². The molecule has 0 amide bonds. The zero-order chi connectivity index (χ0) is 34.1. The first kappa shape index (κ1) is 30.8. The number of nitrogens with zero attached hydrogens (tertiary/aromatic N) is 3. The number of hydrogen-bond donors (Lipinski definition) is 1. The number of pyridine rings is 1. The van der Waals surface area contributed by atoms with Crippen LogP contribution < -0.4 is 5.19 Å². The Balaban J connectivity index is 1.43. The summed E-state index contributed by atoms with van der Waals surface area (Å²) in [5.74, 6) is 0.870. The Morgan fingerprint density at radius 1 is 0.714 bits per heavy atom. The summed E-state index contributed by atoms with van der Waals surface area (Å²) in [4.78, 5) is 10.3. The Hall–Kier alpha value is -5.46. The van der Waals surface area contributed by atoms with Crippen LogP contribution in [0.1, 0.15) is 26.3 Å². The quantitative estimate of drug-likeness (QED) is 0.187. The molecule has 3 aromatic heterocycles. The fourth-order valence-corrected chi connectivity index (χ4v) is 7.74. The smallest absolute Gasteiger partial charge is 0.149 e. The second-order valence-corrected chi connectivity index (χ2v) is 20.0. The van der Waals surface area contributed by atoms with Crippen molar-refractivity contribution in [2.24, 2.45) is 0 Å². The van der Waals surface area contributed by atoms with Gasteiger partial charge in [-0.05, 0) is 70.8 Å². The van der Waals surface area contributed by atoms with Crippen LogP contribution >= 0.6 is 0 Å². The fraction of sp³-hybridized carbons (Fsp3) is 0.163. The van der Waals surface area contributed by atoms with Crippen LogP contribution in [0.3, 0.4) is 0 Å². The molecule has 0 aliphatic heterocycles. The molecule has 5 nitrogen and oxygen atoms in total. The Labute approximate surface area is 287 Å². The summed E-state index contributed by atoms with van der Waals surface area (Å²) in [6.45, 7) is 13.6. The summed E-state index contributed by atoms with van der Waals surface area (Å²) in [7, 11) is -1.50. The number of aromatic hydroxyl groups is 1. The van der Waals surface area contributed by atoms with E-state index in [1.165, 1.54) is 5.19 Å². The monoisotopic (exact) mass is 657 g/mol. The van der Waals surface area contributed by atoms with Crippen molar-refractivity contribution < 1.29 is 9.52 Å². The van der Waals surface area contributed by atoms with Crippen LogP contribution in [0.5, 0.6) is 5.75 Å². The van der Waals surface area contributed by atoms with Gasteiger partial charge in [-0.2, -0.15) is 0 Å². The molecule has 6 heteroatoms. The van der Waals surface area contributed by atoms with Gasteiger partial charge >= 0.3 is 0 Å². The second-order valence-electron chi connectivity index (χ2n) is 14.9. The molecule has 0 aliphatic rings. The van der Waals surface area contributed by atoms with Crippen LogP contribution in [-0.4, -0.2) is 27.7 Å². The number of phenolic OH excluding ortho intramolecular Hbond substituents is 1. The van der Waals surface area contributed by atoms with Gasteiger partial charge in [0.25, 0.3) is 0 Å². The Kier molecular flexibility index (Phi) is 7.12. The number of aromatic nitrogens is 3. The Morgan fingerprint density at radius 3 is 2.22 bits per heavy atom. The molecule has 242 valence electrons. The minimum atomic E-state index is -1.50. The van der Waals surface area contributed by atoms with Crippen molar-refractivity contribution in [1.82, 2.24) is 14.5 Å². The van der Waals surface area contributed by atoms with Gasteiger partial charge in [0.05, 0.1) is 30.4 Å². The average Bonchev–Trinajstić information content (AvgIpc) is 3.66. The van der Waals surface area contributed by atoms with Crippen molar-refractivity contribution in [1.29, 1.82) is 0 Å². The lowest BCUT2D eigenvalue weighted by Gasteiger charge is -2.20. The number of fused-ring (bicyclic) bond motifs is 4. The van der Waals surface area contributed by atoms with E-state index in [-0.39, 0.29) is 11.2 Å². The first-order valence-electron chi connectivity index (χ1n) is 16.8. The molecule has 0 saturated heterocycles. The maximum Gasteiger partial charge on any atom is 0.149 e. The first-order valence-corrected chi connectivity index (χ1v) is 20.3. The van der Waals surface area contributed by atoms with E-state index in [2.05, 4.69) is 118 Å². The number of imidazole rings is 1. The molecule has 8 rings (SSSR count). The Bertz CT molecular complexity index is 2510. The van der Waals surface area contributed by atoms with E-state index >= 15 is 0 Å². The van der Waals surface area contributed by atoms with Crippen LogP contribution in [0, 0.1) is 0 Å². The van der Waals surface area contributed by atoms with Gasteiger partial charge in [0.2, 0.25) is 0 Å². The van der Waals surface area contributed by atoms with E-state index in [0.29, 0.717) is 11.4 Å². The lowest BCUT2D eigenvalue weighted by atomic mass is 9.86. The third kappa shape index (κ3) is 5.33. The van der Waals surface area contributed by atoms with Crippen LogP contribution in [0.15, 0.2) is 126 Å². The molecule has 8 aromatic rings. The van der Waals surface area contributed by atoms with Crippen molar-refractivity contribution in [3.63, 3.8) is 0 Å². The van der Waals surface area contributed by atoms with Crippen LogP contribution in [0.4, 0.5) is 0 Å². The predicted octanol–water partition coefficient (Wildman–Crippen LogP) is 10.9. The second kappa shape index (κ2) is 11.3. The molecule has 5 aromatic carbocycles. The molecule has 0 fully saturated rings. The van der Waals surface area contributed by atoms with E-state index in [1.807, 2.05) is 42.6 Å². The third-order valence-electron chi connectivity index (χ3n) is 9.50. The highest BCUT2D eigenvalue weighted by Crippen LogP contribution is 2.43. The minimum absolute atomic E-state index is 0.105. The minimum Gasteiger partial charge on any atom is -0.507 e. The zero-order valence-corrected chi connectivity index (χ0v) is 29.7. The van der Waals surface area contributed by atoms with Crippen LogP contribution in [0.25, 0.3) is 72.4 Å². The molecular formula is C43H39N3O2Si. The number of benzene rings is 5. The third-order valence-corrected chi connectivity index (χ3v) is 11.5. The van der Waals surface area contributed by atoms with Crippen LogP contribution in [-0.2, 0) is 5.41 Å². The number of para-hydroxylation sites is 3. The summed E-state index contributed by atoms with van der Waals surface area (Å²) >= 11 is 0.